The lowest BCUT2D eigenvalue weighted by Gasteiger charge is -2.23. The van der Waals surface area contributed by atoms with Crippen LogP contribution in [0.2, 0.25) is 0 Å². The molecule has 0 radical (unpaired) electrons. The van der Waals surface area contributed by atoms with Crippen LogP contribution in [0.4, 0.5) is 4.79 Å². The number of carbonyl (C=O) groups is 2. The minimum atomic E-state index is -0.758. The molecule has 2 amide bonds. The average molecular weight is 368 g/mol. The van der Waals surface area contributed by atoms with Gasteiger partial charge in [-0.3, -0.25) is 4.79 Å². The first kappa shape index (κ1) is 17.6. The van der Waals surface area contributed by atoms with Gasteiger partial charge in [0, 0.05) is 38.6 Å². The van der Waals surface area contributed by atoms with Crippen LogP contribution in [0, 0.1) is 11.3 Å². The number of imidazole rings is 1. The SMILES string of the molecule is O=C(NCc1ccccc1Cn1ccnc1)N1C[C@@H]2CCC[C@@]2(C(=O)O)C1. The normalized spacial score (nSPS) is 24.0. The molecule has 27 heavy (non-hydrogen) atoms. The topological polar surface area (TPSA) is 87.5 Å². The molecule has 2 heterocycles. The fourth-order valence-corrected chi connectivity index (χ4v) is 4.54. The molecule has 4 rings (SSSR count). The Morgan fingerprint density at radius 2 is 2.11 bits per heavy atom. The predicted octanol–water partition coefficient (Wildman–Crippen LogP) is 2.33. The maximum atomic E-state index is 12.6. The molecule has 0 bridgehead atoms. The van der Waals surface area contributed by atoms with Gasteiger partial charge >= 0.3 is 12.0 Å². The molecule has 7 nitrogen and oxygen atoms in total. The number of likely N-dealkylation sites (tertiary alicyclic amines) is 1. The summed E-state index contributed by atoms with van der Waals surface area (Å²) < 4.78 is 1.99. The molecule has 2 aliphatic rings. The molecule has 2 atom stereocenters. The van der Waals surface area contributed by atoms with Gasteiger partial charge in [0.25, 0.3) is 0 Å². The molecule has 2 N–H and O–H groups in total. The Balaban J connectivity index is 1.40. The lowest BCUT2D eigenvalue weighted by molar-refractivity contribution is -0.149. The Hall–Kier alpha value is -2.83. The van der Waals surface area contributed by atoms with Gasteiger partial charge in [-0.05, 0) is 29.9 Å². The zero-order valence-corrected chi connectivity index (χ0v) is 15.2. The number of aromatic nitrogens is 2. The standard InChI is InChI=1S/C20H24N4O3/c25-18(26)20-7-3-6-17(20)12-24(13-20)19(27)22-10-15-4-1-2-5-16(15)11-23-9-8-21-14-23/h1-2,4-5,8-9,14,17H,3,6-7,10-13H2,(H,22,27)(H,25,26)/t17-,20+/m0/s1. The van der Waals surface area contributed by atoms with E-state index in [4.69, 9.17) is 0 Å². The summed E-state index contributed by atoms with van der Waals surface area (Å²) in [5.41, 5.74) is 1.43. The Morgan fingerprint density at radius 1 is 1.30 bits per heavy atom. The van der Waals surface area contributed by atoms with Crippen LogP contribution in [0.25, 0.3) is 0 Å². The molecule has 0 unspecified atom stereocenters. The van der Waals surface area contributed by atoms with E-state index in [9.17, 15) is 14.7 Å². The number of carbonyl (C=O) groups excluding carboxylic acids is 1. The first-order valence-electron chi connectivity index (χ1n) is 9.37. The number of nitrogens with one attached hydrogen (secondary N) is 1. The van der Waals surface area contributed by atoms with E-state index < -0.39 is 11.4 Å². The highest BCUT2D eigenvalue weighted by Gasteiger charge is 2.55. The predicted molar refractivity (Wildman–Crippen MR) is 99.0 cm³/mol. The minimum Gasteiger partial charge on any atom is -0.481 e. The van der Waals surface area contributed by atoms with Crippen molar-refractivity contribution >= 4 is 12.0 Å². The molecule has 0 spiro atoms. The van der Waals surface area contributed by atoms with Crippen LogP contribution in [-0.4, -0.2) is 44.6 Å². The van der Waals surface area contributed by atoms with Gasteiger partial charge in [0.05, 0.1) is 11.7 Å². The zero-order valence-electron chi connectivity index (χ0n) is 15.2. The Labute approximate surface area is 158 Å². The number of urea groups is 1. The molecule has 142 valence electrons. The van der Waals surface area contributed by atoms with Gasteiger partial charge in [0.15, 0.2) is 0 Å². The van der Waals surface area contributed by atoms with Gasteiger partial charge in [-0.15, -0.1) is 0 Å². The summed E-state index contributed by atoms with van der Waals surface area (Å²) in [6, 6.07) is 7.81. The minimum absolute atomic E-state index is 0.0780. The van der Waals surface area contributed by atoms with E-state index in [0.717, 1.165) is 24.0 Å². The first-order chi connectivity index (χ1) is 13.1. The Kier molecular flexibility index (Phi) is 4.59. The van der Waals surface area contributed by atoms with Crippen molar-refractivity contribution in [1.29, 1.82) is 0 Å². The number of hydrogen-bond acceptors (Lipinski definition) is 3. The summed E-state index contributed by atoms with van der Waals surface area (Å²) in [4.78, 5) is 30.2. The molecular weight excluding hydrogens is 344 g/mol. The molecule has 1 saturated heterocycles. The molecule has 2 fully saturated rings. The van der Waals surface area contributed by atoms with Crippen LogP contribution < -0.4 is 5.32 Å². The number of carboxylic acid groups (broad SMARTS) is 1. The third kappa shape index (κ3) is 3.29. The number of benzene rings is 1. The van der Waals surface area contributed by atoms with Crippen molar-refractivity contribution in [3.05, 3.63) is 54.1 Å². The second-order valence-electron chi connectivity index (χ2n) is 7.59. The van der Waals surface area contributed by atoms with Crippen molar-refractivity contribution in [3.8, 4) is 0 Å². The van der Waals surface area contributed by atoms with Crippen LogP contribution in [0.15, 0.2) is 43.0 Å². The van der Waals surface area contributed by atoms with Crippen molar-refractivity contribution < 1.29 is 14.7 Å². The van der Waals surface area contributed by atoms with Crippen molar-refractivity contribution in [1.82, 2.24) is 19.8 Å². The Bertz CT molecular complexity index is 836. The summed E-state index contributed by atoms with van der Waals surface area (Å²) in [6.07, 6.45) is 7.92. The largest absolute Gasteiger partial charge is 0.481 e. The van der Waals surface area contributed by atoms with Gasteiger partial charge in [-0.2, -0.15) is 0 Å². The van der Waals surface area contributed by atoms with Crippen molar-refractivity contribution in [2.75, 3.05) is 13.1 Å². The monoisotopic (exact) mass is 368 g/mol. The molecule has 1 aromatic heterocycles. The second kappa shape index (κ2) is 7.06. The van der Waals surface area contributed by atoms with Crippen LogP contribution in [0.1, 0.15) is 30.4 Å². The second-order valence-corrected chi connectivity index (χ2v) is 7.59. The van der Waals surface area contributed by atoms with Gasteiger partial charge < -0.3 is 19.9 Å². The van der Waals surface area contributed by atoms with Gasteiger partial charge in [-0.1, -0.05) is 30.7 Å². The van der Waals surface area contributed by atoms with Crippen LogP contribution in [-0.2, 0) is 17.9 Å². The van der Waals surface area contributed by atoms with Gasteiger partial charge in [0.2, 0.25) is 0 Å². The average Bonchev–Trinajstić information content (AvgIpc) is 3.36. The summed E-state index contributed by atoms with van der Waals surface area (Å²) in [5, 5.41) is 12.7. The quantitative estimate of drug-likeness (QED) is 0.848. The van der Waals surface area contributed by atoms with Crippen molar-refractivity contribution in [2.45, 2.75) is 32.4 Å². The molecule has 1 saturated carbocycles. The maximum Gasteiger partial charge on any atom is 0.317 e. The number of carboxylic acids is 1. The molecule has 1 aromatic carbocycles. The fraction of sp³-hybridized carbons (Fsp3) is 0.450. The van der Waals surface area contributed by atoms with E-state index in [0.29, 0.717) is 32.6 Å². The molecular formula is C20H24N4O3. The van der Waals surface area contributed by atoms with Crippen LogP contribution >= 0.6 is 0 Å². The van der Waals surface area contributed by atoms with E-state index in [1.807, 2.05) is 35.0 Å². The first-order valence-corrected chi connectivity index (χ1v) is 9.37. The zero-order chi connectivity index (χ0) is 18.9. The van der Waals surface area contributed by atoms with E-state index in [-0.39, 0.29) is 11.9 Å². The summed E-state index contributed by atoms with van der Waals surface area (Å²) in [7, 11) is 0. The molecule has 1 aliphatic carbocycles. The molecule has 2 aromatic rings. The third-order valence-electron chi connectivity index (χ3n) is 6.04. The summed E-state index contributed by atoms with van der Waals surface area (Å²) >= 11 is 0. The van der Waals surface area contributed by atoms with Crippen LogP contribution in [0.5, 0.6) is 0 Å². The van der Waals surface area contributed by atoms with Gasteiger partial charge in [0.1, 0.15) is 0 Å². The number of fused-ring (bicyclic) bond motifs is 1. The molecule has 7 heteroatoms. The van der Waals surface area contributed by atoms with Crippen molar-refractivity contribution in [3.63, 3.8) is 0 Å². The molecule has 1 aliphatic heterocycles. The number of amides is 2. The number of nitrogens with zero attached hydrogens (tertiary/aromatic N) is 3. The number of hydrogen-bond donors (Lipinski definition) is 2. The van der Waals surface area contributed by atoms with E-state index in [1.54, 1.807) is 17.4 Å². The lowest BCUT2D eigenvalue weighted by atomic mass is 9.81. The summed E-state index contributed by atoms with van der Waals surface area (Å²) in [5.74, 6) is -0.680. The van der Waals surface area contributed by atoms with Gasteiger partial charge in [-0.25, -0.2) is 9.78 Å². The van der Waals surface area contributed by atoms with E-state index in [2.05, 4.69) is 10.3 Å². The lowest BCUT2D eigenvalue weighted by Crippen LogP contribution is -2.41. The van der Waals surface area contributed by atoms with Crippen LogP contribution in [0.3, 0.4) is 0 Å². The highest BCUT2D eigenvalue weighted by atomic mass is 16.4. The Morgan fingerprint density at radius 3 is 2.81 bits per heavy atom. The fourth-order valence-electron chi connectivity index (χ4n) is 4.54. The number of rotatable bonds is 5. The third-order valence-corrected chi connectivity index (χ3v) is 6.04. The van der Waals surface area contributed by atoms with E-state index >= 15 is 0 Å². The maximum absolute atomic E-state index is 12.6. The number of aliphatic carboxylic acids is 1. The smallest absolute Gasteiger partial charge is 0.317 e. The highest BCUT2D eigenvalue weighted by Crippen LogP contribution is 2.48. The van der Waals surface area contributed by atoms with E-state index in [1.165, 1.54) is 0 Å². The highest BCUT2D eigenvalue weighted by molar-refractivity contribution is 5.80. The summed E-state index contributed by atoms with van der Waals surface area (Å²) in [6.45, 7) is 1.97. The van der Waals surface area contributed by atoms with Crippen molar-refractivity contribution in [2.24, 2.45) is 11.3 Å².